The standard InChI is InChI=1S/C25H41N3/c1-19(2)17-27-13-14-28(21-15-25(16-21)9-11-26-12-10-25)24(18-27)23-8-6-5-7-22(23)20(3)4/h5-8,19-21,24,26H,9-18H2,1-4H3. The van der Waals surface area contributed by atoms with E-state index >= 15 is 0 Å². The second kappa shape index (κ2) is 8.45. The lowest BCUT2D eigenvalue weighted by molar-refractivity contribution is -0.0650. The van der Waals surface area contributed by atoms with E-state index in [9.17, 15) is 0 Å². The lowest BCUT2D eigenvalue weighted by atomic mass is 9.60. The highest BCUT2D eigenvalue weighted by Gasteiger charge is 2.49. The average molecular weight is 384 g/mol. The molecular formula is C25H41N3. The normalized spacial score (nSPS) is 26.9. The molecule has 3 nitrogen and oxygen atoms in total. The predicted octanol–water partition coefficient (Wildman–Crippen LogP) is 4.66. The van der Waals surface area contributed by atoms with Gasteiger partial charge in [0, 0.05) is 38.3 Å². The molecule has 1 atom stereocenters. The number of rotatable bonds is 5. The Hall–Kier alpha value is -0.900. The molecule has 3 fully saturated rings. The fourth-order valence-electron chi connectivity index (χ4n) is 6.13. The van der Waals surface area contributed by atoms with E-state index in [1.807, 2.05) is 0 Å². The predicted molar refractivity (Wildman–Crippen MR) is 119 cm³/mol. The smallest absolute Gasteiger partial charge is 0.0481 e. The Bertz CT molecular complexity index is 639. The number of benzene rings is 1. The topological polar surface area (TPSA) is 18.5 Å². The Morgan fingerprint density at radius 3 is 2.43 bits per heavy atom. The molecule has 1 N–H and O–H groups in total. The minimum Gasteiger partial charge on any atom is -0.317 e. The number of piperazine rings is 1. The first-order chi connectivity index (χ1) is 13.5. The van der Waals surface area contributed by atoms with Crippen LogP contribution < -0.4 is 5.32 Å². The van der Waals surface area contributed by atoms with Crippen LogP contribution in [0.2, 0.25) is 0 Å². The first-order valence-electron chi connectivity index (χ1n) is 11.7. The molecule has 1 saturated carbocycles. The van der Waals surface area contributed by atoms with Gasteiger partial charge in [-0.05, 0) is 67.2 Å². The fourth-order valence-corrected chi connectivity index (χ4v) is 6.13. The fraction of sp³-hybridized carbons (Fsp3) is 0.760. The van der Waals surface area contributed by atoms with Crippen LogP contribution in [0.1, 0.15) is 76.5 Å². The molecular weight excluding hydrogens is 342 g/mol. The van der Waals surface area contributed by atoms with E-state index < -0.39 is 0 Å². The molecule has 2 saturated heterocycles. The van der Waals surface area contributed by atoms with E-state index in [0.29, 0.717) is 17.4 Å². The van der Waals surface area contributed by atoms with Gasteiger partial charge in [0.2, 0.25) is 0 Å². The average Bonchev–Trinajstić information content (AvgIpc) is 2.66. The minimum absolute atomic E-state index is 0.565. The third kappa shape index (κ3) is 4.17. The van der Waals surface area contributed by atoms with Crippen LogP contribution in [-0.4, -0.2) is 55.1 Å². The van der Waals surface area contributed by atoms with Crippen molar-refractivity contribution in [3.63, 3.8) is 0 Å². The van der Waals surface area contributed by atoms with Crippen LogP contribution in [-0.2, 0) is 0 Å². The van der Waals surface area contributed by atoms with Crippen LogP contribution in [0.3, 0.4) is 0 Å². The van der Waals surface area contributed by atoms with Crippen LogP contribution in [0.5, 0.6) is 0 Å². The van der Waals surface area contributed by atoms with Crippen molar-refractivity contribution >= 4 is 0 Å². The molecule has 4 rings (SSSR count). The summed E-state index contributed by atoms with van der Waals surface area (Å²) in [5.74, 6) is 1.34. The van der Waals surface area contributed by atoms with Crippen molar-refractivity contribution in [2.75, 3.05) is 39.3 Å². The van der Waals surface area contributed by atoms with Crippen molar-refractivity contribution in [1.82, 2.24) is 15.1 Å². The SMILES string of the molecule is CC(C)CN1CCN(C2CC3(CCNCC3)C2)C(c2ccccc2C(C)C)C1. The van der Waals surface area contributed by atoms with Gasteiger partial charge in [-0.1, -0.05) is 52.0 Å². The molecule has 2 heterocycles. The molecule has 3 aliphatic rings. The van der Waals surface area contributed by atoms with Crippen LogP contribution in [0.4, 0.5) is 0 Å². The van der Waals surface area contributed by atoms with E-state index in [1.165, 1.54) is 65.0 Å². The largest absolute Gasteiger partial charge is 0.317 e. The summed E-state index contributed by atoms with van der Waals surface area (Å²) in [5, 5.41) is 3.56. The zero-order valence-electron chi connectivity index (χ0n) is 18.6. The highest BCUT2D eigenvalue weighted by Crippen LogP contribution is 2.52. The summed E-state index contributed by atoms with van der Waals surface area (Å²) in [6.07, 6.45) is 5.65. The number of hydrogen-bond acceptors (Lipinski definition) is 3. The quantitative estimate of drug-likeness (QED) is 0.798. The maximum absolute atomic E-state index is 3.56. The second-order valence-corrected chi connectivity index (χ2v) is 10.5. The van der Waals surface area contributed by atoms with Crippen LogP contribution >= 0.6 is 0 Å². The van der Waals surface area contributed by atoms with E-state index in [4.69, 9.17) is 0 Å². The van der Waals surface area contributed by atoms with Crippen LogP contribution in [0, 0.1) is 11.3 Å². The van der Waals surface area contributed by atoms with Gasteiger partial charge in [0.25, 0.3) is 0 Å². The molecule has 2 aliphatic heterocycles. The van der Waals surface area contributed by atoms with Crippen molar-refractivity contribution in [3.8, 4) is 0 Å². The third-order valence-electron chi connectivity index (χ3n) is 7.58. The Kier molecular flexibility index (Phi) is 6.15. The second-order valence-electron chi connectivity index (χ2n) is 10.5. The number of piperidine rings is 1. The summed E-state index contributed by atoms with van der Waals surface area (Å²) in [6, 6.07) is 10.6. The van der Waals surface area contributed by atoms with Crippen molar-refractivity contribution in [2.45, 2.75) is 71.4 Å². The summed E-state index contributed by atoms with van der Waals surface area (Å²) in [4.78, 5) is 5.63. The summed E-state index contributed by atoms with van der Waals surface area (Å²) >= 11 is 0. The molecule has 1 unspecified atom stereocenters. The molecule has 1 aromatic rings. The third-order valence-corrected chi connectivity index (χ3v) is 7.58. The van der Waals surface area contributed by atoms with Gasteiger partial charge < -0.3 is 5.32 Å². The van der Waals surface area contributed by atoms with Gasteiger partial charge in [-0.15, -0.1) is 0 Å². The lowest BCUT2D eigenvalue weighted by Gasteiger charge is -2.57. The highest BCUT2D eigenvalue weighted by molar-refractivity contribution is 5.33. The Morgan fingerprint density at radius 1 is 1.04 bits per heavy atom. The highest BCUT2D eigenvalue weighted by atomic mass is 15.3. The van der Waals surface area contributed by atoms with Gasteiger partial charge in [0.05, 0.1) is 0 Å². The van der Waals surface area contributed by atoms with E-state index in [2.05, 4.69) is 67.1 Å². The van der Waals surface area contributed by atoms with Gasteiger partial charge in [0.15, 0.2) is 0 Å². The van der Waals surface area contributed by atoms with E-state index in [1.54, 1.807) is 11.1 Å². The molecule has 156 valence electrons. The lowest BCUT2D eigenvalue weighted by Crippen LogP contribution is -2.60. The number of hydrogen-bond donors (Lipinski definition) is 1. The van der Waals surface area contributed by atoms with E-state index in [0.717, 1.165) is 12.0 Å². The summed E-state index contributed by atoms with van der Waals surface area (Å²) in [5.41, 5.74) is 3.81. The molecule has 28 heavy (non-hydrogen) atoms. The molecule has 3 heteroatoms. The van der Waals surface area contributed by atoms with Crippen molar-refractivity contribution < 1.29 is 0 Å². The number of nitrogens with zero attached hydrogens (tertiary/aromatic N) is 2. The summed E-state index contributed by atoms with van der Waals surface area (Å²) < 4.78 is 0. The molecule has 0 amide bonds. The molecule has 1 aliphatic carbocycles. The molecule has 1 spiro atoms. The van der Waals surface area contributed by atoms with Gasteiger partial charge in [-0.25, -0.2) is 0 Å². The molecule has 0 radical (unpaired) electrons. The Labute approximate surface area is 172 Å². The zero-order chi connectivity index (χ0) is 19.7. The van der Waals surface area contributed by atoms with Gasteiger partial charge >= 0.3 is 0 Å². The maximum atomic E-state index is 3.56. The summed E-state index contributed by atoms with van der Waals surface area (Å²) in [7, 11) is 0. The monoisotopic (exact) mass is 383 g/mol. The van der Waals surface area contributed by atoms with Crippen LogP contribution in [0.15, 0.2) is 24.3 Å². The Balaban J connectivity index is 1.55. The molecule has 1 aromatic carbocycles. The van der Waals surface area contributed by atoms with Gasteiger partial charge in [-0.3, -0.25) is 9.80 Å². The van der Waals surface area contributed by atoms with Crippen LogP contribution in [0.25, 0.3) is 0 Å². The Morgan fingerprint density at radius 2 is 1.75 bits per heavy atom. The summed E-state index contributed by atoms with van der Waals surface area (Å²) in [6.45, 7) is 16.8. The van der Waals surface area contributed by atoms with Crippen molar-refractivity contribution in [1.29, 1.82) is 0 Å². The molecule has 0 aromatic heterocycles. The van der Waals surface area contributed by atoms with Crippen molar-refractivity contribution in [2.24, 2.45) is 11.3 Å². The van der Waals surface area contributed by atoms with Gasteiger partial charge in [-0.2, -0.15) is 0 Å². The molecule has 0 bridgehead atoms. The first kappa shape index (κ1) is 20.4. The van der Waals surface area contributed by atoms with Gasteiger partial charge in [0.1, 0.15) is 0 Å². The zero-order valence-corrected chi connectivity index (χ0v) is 18.6. The maximum Gasteiger partial charge on any atom is 0.0481 e. The van der Waals surface area contributed by atoms with E-state index in [-0.39, 0.29) is 0 Å². The number of nitrogens with one attached hydrogen (secondary N) is 1. The minimum atomic E-state index is 0.565. The van der Waals surface area contributed by atoms with Crippen molar-refractivity contribution in [3.05, 3.63) is 35.4 Å². The first-order valence-corrected chi connectivity index (χ1v) is 11.7.